The molecule has 102 valence electrons. The van der Waals surface area contributed by atoms with E-state index in [9.17, 15) is 5.11 Å². The molecule has 1 rings (SSSR count). The van der Waals surface area contributed by atoms with Crippen molar-refractivity contribution >= 4 is 11.6 Å². The Kier molecular flexibility index (Phi) is 5.85. The lowest BCUT2D eigenvalue weighted by Crippen LogP contribution is -2.22. The van der Waals surface area contributed by atoms with Crippen LogP contribution in [0.15, 0.2) is 6.33 Å². The molecule has 0 aliphatic carbocycles. The van der Waals surface area contributed by atoms with Crippen LogP contribution in [0.5, 0.6) is 0 Å². The summed E-state index contributed by atoms with van der Waals surface area (Å²) in [6.07, 6.45) is 3.00. The fourth-order valence-corrected chi connectivity index (χ4v) is 1.82. The molecule has 1 aromatic heterocycles. The van der Waals surface area contributed by atoms with Gasteiger partial charge in [0.2, 0.25) is 0 Å². The summed E-state index contributed by atoms with van der Waals surface area (Å²) in [5.74, 6) is 1.70. The van der Waals surface area contributed by atoms with Crippen molar-refractivity contribution < 1.29 is 5.11 Å². The molecule has 2 unspecified atom stereocenters. The van der Waals surface area contributed by atoms with Gasteiger partial charge in [-0.1, -0.05) is 6.92 Å². The number of nitrogens with zero attached hydrogens (tertiary/aromatic N) is 2. The van der Waals surface area contributed by atoms with E-state index in [1.807, 2.05) is 13.8 Å². The second-order valence-electron chi connectivity index (χ2n) is 4.75. The maximum Gasteiger partial charge on any atom is 0.134 e. The molecule has 0 spiro atoms. The van der Waals surface area contributed by atoms with Gasteiger partial charge in [0, 0.05) is 18.2 Å². The van der Waals surface area contributed by atoms with Gasteiger partial charge in [-0.05, 0) is 33.6 Å². The third-order valence-electron chi connectivity index (χ3n) is 2.70. The van der Waals surface area contributed by atoms with Crippen LogP contribution in [0.1, 0.15) is 39.2 Å². The summed E-state index contributed by atoms with van der Waals surface area (Å²) in [5.41, 5.74) is 1.02. The van der Waals surface area contributed by atoms with Crippen LogP contribution in [0.3, 0.4) is 0 Å². The Morgan fingerprint density at radius 2 is 1.94 bits per heavy atom. The van der Waals surface area contributed by atoms with E-state index in [1.54, 1.807) is 13.3 Å². The van der Waals surface area contributed by atoms with Crippen molar-refractivity contribution in [1.82, 2.24) is 9.97 Å². The molecule has 5 heteroatoms. The van der Waals surface area contributed by atoms with Gasteiger partial charge in [0.1, 0.15) is 18.0 Å². The molecule has 0 fully saturated rings. The third kappa shape index (κ3) is 4.49. The smallest absolute Gasteiger partial charge is 0.134 e. The largest absolute Gasteiger partial charge is 0.393 e. The predicted octanol–water partition coefficient (Wildman–Crippen LogP) is 2.18. The van der Waals surface area contributed by atoms with E-state index in [1.165, 1.54) is 0 Å². The minimum absolute atomic E-state index is 0.178. The van der Waals surface area contributed by atoms with Crippen molar-refractivity contribution in [1.29, 1.82) is 0 Å². The number of aliphatic hydroxyl groups excluding tert-OH is 1. The summed E-state index contributed by atoms with van der Waals surface area (Å²) in [5, 5.41) is 15.9. The predicted molar refractivity (Wildman–Crippen MR) is 74.9 cm³/mol. The number of aliphatic hydroxyl groups is 1. The van der Waals surface area contributed by atoms with Crippen molar-refractivity contribution in [2.24, 2.45) is 0 Å². The number of hydrogen-bond acceptors (Lipinski definition) is 5. The summed E-state index contributed by atoms with van der Waals surface area (Å²) in [6, 6.07) is 0.178. The molecule has 0 aliphatic rings. The lowest BCUT2D eigenvalue weighted by Gasteiger charge is -2.18. The van der Waals surface area contributed by atoms with Crippen molar-refractivity contribution in [3.05, 3.63) is 11.9 Å². The monoisotopic (exact) mass is 252 g/mol. The van der Waals surface area contributed by atoms with Crippen LogP contribution < -0.4 is 10.6 Å². The second kappa shape index (κ2) is 7.16. The third-order valence-corrected chi connectivity index (χ3v) is 2.70. The van der Waals surface area contributed by atoms with Gasteiger partial charge in [-0.15, -0.1) is 0 Å². The van der Waals surface area contributed by atoms with Crippen LogP contribution in [0.25, 0.3) is 0 Å². The molecule has 0 amide bonds. The number of hydrogen-bond donors (Lipinski definition) is 3. The topological polar surface area (TPSA) is 70.1 Å². The molecular weight excluding hydrogens is 228 g/mol. The highest BCUT2D eigenvalue weighted by Gasteiger charge is 2.10. The first-order valence-electron chi connectivity index (χ1n) is 6.54. The second-order valence-corrected chi connectivity index (χ2v) is 4.75. The highest BCUT2D eigenvalue weighted by atomic mass is 16.3. The van der Waals surface area contributed by atoms with Crippen molar-refractivity contribution in [3.63, 3.8) is 0 Å². The number of aromatic nitrogens is 2. The average Bonchev–Trinajstić information content (AvgIpc) is 2.29. The van der Waals surface area contributed by atoms with E-state index in [2.05, 4.69) is 27.5 Å². The molecule has 1 heterocycles. The van der Waals surface area contributed by atoms with Gasteiger partial charge in [-0.25, -0.2) is 9.97 Å². The Labute approximate surface area is 109 Å². The Bertz CT molecular complexity index is 368. The maximum atomic E-state index is 9.36. The minimum atomic E-state index is -0.313. The molecule has 0 bridgehead atoms. The summed E-state index contributed by atoms with van der Waals surface area (Å²) in [4.78, 5) is 8.48. The van der Waals surface area contributed by atoms with Gasteiger partial charge >= 0.3 is 0 Å². The fourth-order valence-electron chi connectivity index (χ4n) is 1.82. The van der Waals surface area contributed by atoms with E-state index < -0.39 is 0 Å². The van der Waals surface area contributed by atoms with E-state index in [4.69, 9.17) is 0 Å². The molecule has 0 radical (unpaired) electrons. The molecule has 0 aliphatic heterocycles. The van der Waals surface area contributed by atoms with Crippen LogP contribution in [0.2, 0.25) is 0 Å². The zero-order valence-corrected chi connectivity index (χ0v) is 11.7. The first-order valence-corrected chi connectivity index (χ1v) is 6.54. The highest BCUT2D eigenvalue weighted by Crippen LogP contribution is 2.19. The maximum absolute atomic E-state index is 9.36. The molecule has 0 aromatic carbocycles. The first-order chi connectivity index (χ1) is 8.54. The number of rotatable bonds is 7. The van der Waals surface area contributed by atoms with Crippen LogP contribution in [-0.4, -0.2) is 33.8 Å². The fraction of sp³-hybridized carbons (Fsp3) is 0.692. The van der Waals surface area contributed by atoms with Gasteiger partial charge < -0.3 is 15.7 Å². The quantitative estimate of drug-likeness (QED) is 0.694. The lowest BCUT2D eigenvalue weighted by atomic mass is 10.1. The van der Waals surface area contributed by atoms with Gasteiger partial charge in [0.05, 0.1) is 6.10 Å². The molecular formula is C13H24N4O. The van der Waals surface area contributed by atoms with E-state index >= 15 is 0 Å². The number of nitrogens with one attached hydrogen (secondary N) is 2. The van der Waals surface area contributed by atoms with Crippen molar-refractivity contribution in [2.45, 2.75) is 52.7 Å². The van der Waals surface area contributed by atoms with Gasteiger partial charge in [0.25, 0.3) is 0 Å². The van der Waals surface area contributed by atoms with Crippen LogP contribution >= 0.6 is 0 Å². The molecule has 3 N–H and O–H groups in total. The minimum Gasteiger partial charge on any atom is -0.393 e. The average molecular weight is 252 g/mol. The van der Waals surface area contributed by atoms with Crippen LogP contribution in [0.4, 0.5) is 11.6 Å². The molecule has 0 saturated carbocycles. The lowest BCUT2D eigenvalue weighted by molar-refractivity contribution is 0.179. The number of anilines is 2. The summed E-state index contributed by atoms with van der Waals surface area (Å²) in [7, 11) is 0. The Morgan fingerprint density at radius 3 is 2.56 bits per heavy atom. The molecule has 18 heavy (non-hydrogen) atoms. The van der Waals surface area contributed by atoms with Crippen molar-refractivity contribution in [3.8, 4) is 0 Å². The van der Waals surface area contributed by atoms with Crippen LogP contribution in [0, 0.1) is 6.92 Å². The zero-order chi connectivity index (χ0) is 13.5. The van der Waals surface area contributed by atoms with Gasteiger partial charge in [-0.3, -0.25) is 0 Å². The molecule has 2 atom stereocenters. The molecule has 0 saturated heterocycles. The first kappa shape index (κ1) is 14.7. The molecule has 5 nitrogen and oxygen atoms in total. The Morgan fingerprint density at radius 1 is 1.28 bits per heavy atom. The Hall–Kier alpha value is -1.36. The normalized spacial score (nSPS) is 14.1. The van der Waals surface area contributed by atoms with Crippen LogP contribution in [-0.2, 0) is 0 Å². The van der Waals surface area contributed by atoms with Crippen molar-refractivity contribution in [2.75, 3.05) is 17.2 Å². The van der Waals surface area contributed by atoms with E-state index in [0.29, 0.717) is 6.42 Å². The zero-order valence-electron chi connectivity index (χ0n) is 11.7. The Balaban J connectivity index is 2.70. The van der Waals surface area contributed by atoms with E-state index in [0.717, 1.165) is 30.2 Å². The summed E-state index contributed by atoms with van der Waals surface area (Å²) < 4.78 is 0. The van der Waals surface area contributed by atoms with Gasteiger partial charge in [0.15, 0.2) is 0 Å². The molecule has 1 aromatic rings. The van der Waals surface area contributed by atoms with Gasteiger partial charge in [-0.2, -0.15) is 0 Å². The summed E-state index contributed by atoms with van der Waals surface area (Å²) in [6.45, 7) is 8.84. The van der Waals surface area contributed by atoms with E-state index in [-0.39, 0.29) is 12.1 Å². The standard InChI is InChI=1S/C13H24N4O/c1-5-6-14-12-11(4)13(16-8-15-12)17-9(2)7-10(3)18/h8-10,18H,5-7H2,1-4H3,(H2,14,15,16,17). The SMILES string of the molecule is CCCNc1ncnc(NC(C)CC(C)O)c1C. The highest BCUT2D eigenvalue weighted by molar-refractivity contribution is 5.56. The summed E-state index contributed by atoms with van der Waals surface area (Å²) >= 11 is 0.